The van der Waals surface area contributed by atoms with Crippen molar-refractivity contribution in [3.8, 4) is 0 Å². The van der Waals surface area contributed by atoms with E-state index in [1.54, 1.807) is 29.2 Å². The lowest BCUT2D eigenvalue weighted by atomic mass is 10.0. The number of aryl methyl sites for hydroxylation is 1. The average Bonchev–Trinajstić information content (AvgIpc) is 2.89. The van der Waals surface area contributed by atoms with Gasteiger partial charge in [0.05, 0.1) is 11.9 Å². The number of halogens is 1. The van der Waals surface area contributed by atoms with Crippen molar-refractivity contribution in [2.75, 3.05) is 23.7 Å². The summed E-state index contributed by atoms with van der Waals surface area (Å²) in [5, 5.41) is 3.31. The molecular weight excluding hydrogens is 534 g/mol. The van der Waals surface area contributed by atoms with Crippen LogP contribution in [0.15, 0.2) is 78.9 Å². The minimum atomic E-state index is -3.60. The maximum Gasteiger partial charge on any atom is 0.243 e. The summed E-state index contributed by atoms with van der Waals surface area (Å²) in [7, 11) is -3.60. The first-order chi connectivity index (χ1) is 18.6. The maximum absolute atomic E-state index is 13.7. The molecule has 0 fully saturated rings. The van der Waals surface area contributed by atoms with Crippen LogP contribution in [-0.2, 0) is 32.6 Å². The molecule has 0 radical (unpaired) electrons. The van der Waals surface area contributed by atoms with Crippen molar-refractivity contribution >= 4 is 39.1 Å². The Hall–Kier alpha value is -3.36. The summed E-state index contributed by atoms with van der Waals surface area (Å²) < 4.78 is 26.3. The monoisotopic (exact) mass is 569 g/mol. The second-order valence-electron chi connectivity index (χ2n) is 9.53. The molecule has 0 saturated carbocycles. The highest BCUT2D eigenvalue weighted by Gasteiger charge is 2.30. The number of anilines is 1. The van der Waals surface area contributed by atoms with E-state index in [1.807, 2.05) is 68.4 Å². The molecule has 3 aromatic rings. The molecule has 3 rings (SSSR count). The van der Waals surface area contributed by atoms with E-state index < -0.39 is 16.1 Å². The smallest absolute Gasteiger partial charge is 0.243 e. The standard InChI is InChI=1S/C30H36ClN3O4S/c1-4-32-30(36)28(20-24-10-6-5-7-11-24)33(22-25-17-15-23(2)16-18-25)29(35)14-9-19-34(39(3,37)38)27-13-8-12-26(31)21-27/h5-8,10-13,15-18,21,28H,4,9,14,19-20,22H2,1-3H3,(H,32,36)/t28-/m0/s1. The Morgan fingerprint density at radius 3 is 2.26 bits per heavy atom. The number of carbonyl (C=O) groups is 2. The number of hydrogen-bond donors (Lipinski definition) is 1. The van der Waals surface area contributed by atoms with Gasteiger partial charge in [0.15, 0.2) is 0 Å². The molecule has 39 heavy (non-hydrogen) atoms. The van der Waals surface area contributed by atoms with Gasteiger partial charge < -0.3 is 10.2 Å². The average molecular weight is 570 g/mol. The minimum Gasteiger partial charge on any atom is -0.355 e. The molecule has 208 valence electrons. The van der Waals surface area contributed by atoms with Gasteiger partial charge in [-0.15, -0.1) is 0 Å². The molecule has 0 unspecified atom stereocenters. The fourth-order valence-corrected chi connectivity index (χ4v) is 5.51. The number of rotatable bonds is 13. The van der Waals surface area contributed by atoms with E-state index in [-0.39, 0.29) is 37.7 Å². The summed E-state index contributed by atoms with van der Waals surface area (Å²) >= 11 is 6.09. The van der Waals surface area contributed by atoms with E-state index in [4.69, 9.17) is 11.6 Å². The van der Waals surface area contributed by atoms with Crippen LogP contribution < -0.4 is 9.62 Å². The Morgan fingerprint density at radius 1 is 0.949 bits per heavy atom. The zero-order chi connectivity index (χ0) is 28.4. The van der Waals surface area contributed by atoms with Gasteiger partial charge in [-0.3, -0.25) is 13.9 Å². The summed E-state index contributed by atoms with van der Waals surface area (Å²) in [5.41, 5.74) is 3.40. The normalized spacial score (nSPS) is 12.0. The Kier molecular flexibility index (Phi) is 10.9. The number of sulfonamides is 1. The van der Waals surface area contributed by atoms with E-state index in [0.717, 1.165) is 22.9 Å². The van der Waals surface area contributed by atoms with Crippen molar-refractivity contribution in [3.05, 3.63) is 101 Å². The molecule has 0 aromatic heterocycles. The first kappa shape index (κ1) is 30.2. The van der Waals surface area contributed by atoms with Gasteiger partial charge in [-0.2, -0.15) is 0 Å². The van der Waals surface area contributed by atoms with Crippen LogP contribution in [0, 0.1) is 6.92 Å². The summed E-state index contributed by atoms with van der Waals surface area (Å²) in [6.07, 6.45) is 1.84. The van der Waals surface area contributed by atoms with Crippen LogP contribution in [0.3, 0.4) is 0 Å². The molecule has 0 saturated heterocycles. The number of nitrogens with zero attached hydrogens (tertiary/aromatic N) is 2. The van der Waals surface area contributed by atoms with Gasteiger partial charge in [0.25, 0.3) is 0 Å². The van der Waals surface area contributed by atoms with Gasteiger partial charge in [-0.1, -0.05) is 77.8 Å². The predicted octanol–water partition coefficient (Wildman–Crippen LogP) is 4.97. The first-order valence-electron chi connectivity index (χ1n) is 13.0. The highest BCUT2D eigenvalue weighted by Crippen LogP contribution is 2.23. The molecule has 0 aliphatic rings. The van der Waals surface area contributed by atoms with Crippen LogP contribution in [-0.4, -0.2) is 50.5 Å². The quantitative estimate of drug-likeness (QED) is 0.315. The van der Waals surface area contributed by atoms with Crippen LogP contribution >= 0.6 is 11.6 Å². The van der Waals surface area contributed by atoms with Crippen LogP contribution in [0.1, 0.15) is 36.5 Å². The highest BCUT2D eigenvalue weighted by atomic mass is 35.5. The maximum atomic E-state index is 13.7. The Bertz CT molecular complexity index is 1350. The number of nitrogens with one attached hydrogen (secondary N) is 1. The van der Waals surface area contributed by atoms with Crippen molar-refractivity contribution < 1.29 is 18.0 Å². The summed E-state index contributed by atoms with van der Waals surface area (Å²) in [4.78, 5) is 28.6. The third kappa shape index (κ3) is 9.11. The van der Waals surface area contributed by atoms with E-state index >= 15 is 0 Å². The van der Waals surface area contributed by atoms with Crippen molar-refractivity contribution in [1.82, 2.24) is 10.2 Å². The molecule has 3 aromatic carbocycles. The van der Waals surface area contributed by atoms with Crippen LogP contribution in [0.25, 0.3) is 0 Å². The molecule has 0 aliphatic heterocycles. The fraction of sp³-hybridized carbons (Fsp3) is 0.333. The predicted molar refractivity (Wildman–Crippen MR) is 157 cm³/mol. The van der Waals surface area contributed by atoms with E-state index in [9.17, 15) is 18.0 Å². The number of carbonyl (C=O) groups excluding carboxylic acids is 2. The van der Waals surface area contributed by atoms with Gasteiger partial charge in [0.1, 0.15) is 6.04 Å². The summed E-state index contributed by atoms with van der Waals surface area (Å²) in [6, 6.07) is 23.4. The van der Waals surface area contributed by atoms with Crippen molar-refractivity contribution in [2.45, 2.75) is 45.7 Å². The molecule has 7 nitrogen and oxygen atoms in total. The van der Waals surface area contributed by atoms with Crippen LogP contribution in [0.2, 0.25) is 5.02 Å². The minimum absolute atomic E-state index is 0.0726. The zero-order valence-electron chi connectivity index (χ0n) is 22.6. The van der Waals surface area contributed by atoms with Crippen molar-refractivity contribution in [1.29, 1.82) is 0 Å². The second kappa shape index (κ2) is 14.1. The molecule has 0 heterocycles. The summed E-state index contributed by atoms with van der Waals surface area (Å²) in [5.74, 6) is -0.444. The molecule has 2 amide bonds. The number of likely N-dealkylation sites (N-methyl/N-ethyl adjacent to an activating group) is 1. The van der Waals surface area contributed by atoms with Crippen molar-refractivity contribution in [2.24, 2.45) is 0 Å². The van der Waals surface area contributed by atoms with E-state index in [2.05, 4.69) is 5.32 Å². The second-order valence-corrected chi connectivity index (χ2v) is 11.9. The molecule has 0 bridgehead atoms. The van der Waals surface area contributed by atoms with Gasteiger partial charge in [-0.05, 0) is 49.6 Å². The fourth-order valence-electron chi connectivity index (χ4n) is 4.37. The van der Waals surface area contributed by atoms with E-state index in [1.165, 1.54) is 4.31 Å². The molecule has 0 spiro atoms. The molecule has 1 N–H and O–H groups in total. The van der Waals surface area contributed by atoms with Crippen LogP contribution in [0.4, 0.5) is 5.69 Å². The van der Waals surface area contributed by atoms with Gasteiger partial charge in [0.2, 0.25) is 21.8 Å². The molecule has 9 heteroatoms. The Labute approximate surface area is 236 Å². The molecule has 0 aliphatic carbocycles. The van der Waals surface area contributed by atoms with Crippen LogP contribution in [0.5, 0.6) is 0 Å². The third-order valence-electron chi connectivity index (χ3n) is 6.34. The Morgan fingerprint density at radius 2 is 1.64 bits per heavy atom. The number of benzene rings is 3. The molecular formula is C30H36ClN3O4S. The highest BCUT2D eigenvalue weighted by molar-refractivity contribution is 7.92. The largest absolute Gasteiger partial charge is 0.355 e. The topological polar surface area (TPSA) is 86.8 Å². The van der Waals surface area contributed by atoms with Gasteiger partial charge in [-0.25, -0.2) is 8.42 Å². The van der Waals surface area contributed by atoms with Gasteiger partial charge in [0, 0.05) is 37.5 Å². The lowest BCUT2D eigenvalue weighted by Gasteiger charge is -2.32. The zero-order valence-corrected chi connectivity index (χ0v) is 24.2. The van der Waals surface area contributed by atoms with Gasteiger partial charge >= 0.3 is 0 Å². The van der Waals surface area contributed by atoms with E-state index in [0.29, 0.717) is 23.7 Å². The lowest BCUT2D eigenvalue weighted by molar-refractivity contribution is -0.141. The molecule has 1 atom stereocenters. The number of hydrogen-bond acceptors (Lipinski definition) is 4. The first-order valence-corrected chi connectivity index (χ1v) is 15.2. The lowest BCUT2D eigenvalue weighted by Crippen LogP contribution is -2.50. The van der Waals surface area contributed by atoms with Crippen molar-refractivity contribution in [3.63, 3.8) is 0 Å². The SMILES string of the molecule is CCNC(=O)[C@H](Cc1ccccc1)N(Cc1ccc(C)cc1)C(=O)CCCN(c1cccc(Cl)c1)S(C)(=O)=O. The summed E-state index contributed by atoms with van der Waals surface area (Å²) in [6.45, 7) is 4.65. The Balaban J connectivity index is 1.85. The number of amides is 2. The third-order valence-corrected chi connectivity index (χ3v) is 7.77.